The van der Waals surface area contributed by atoms with Gasteiger partial charge in [0.25, 0.3) is 5.91 Å². The summed E-state index contributed by atoms with van der Waals surface area (Å²) in [5, 5.41) is 7.41. The zero-order chi connectivity index (χ0) is 23.8. The molecule has 2 aromatic rings. The number of rotatable bonds is 10. The van der Waals surface area contributed by atoms with Crippen LogP contribution in [0.4, 0.5) is 5.69 Å². The summed E-state index contributed by atoms with van der Waals surface area (Å²) in [6.07, 6.45) is 3.21. The lowest BCUT2D eigenvalue weighted by atomic mass is 10.2. The molecule has 0 bridgehead atoms. The molecule has 1 fully saturated rings. The highest BCUT2D eigenvalue weighted by Gasteiger charge is 2.27. The summed E-state index contributed by atoms with van der Waals surface area (Å²) in [5.41, 5.74) is 0.328. The Kier molecular flexibility index (Phi) is 8.87. The number of nitrogens with zero attached hydrogens (tertiary/aromatic N) is 1. The topological polar surface area (TPSA) is 105 Å². The molecule has 3 rings (SSSR count). The van der Waals surface area contributed by atoms with E-state index in [9.17, 15) is 18.0 Å². The lowest BCUT2D eigenvalue weighted by molar-refractivity contribution is -0.116. The maximum atomic E-state index is 13.1. The van der Waals surface area contributed by atoms with Crippen LogP contribution < -0.4 is 15.4 Å². The predicted molar refractivity (Wildman–Crippen MR) is 129 cm³/mol. The molecule has 0 aliphatic carbocycles. The molecule has 1 aliphatic rings. The van der Waals surface area contributed by atoms with Gasteiger partial charge in [-0.25, -0.2) is 8.42 Å². The summed E-state index contributed by atoms with van der Waals surface area (Å²) in [7, 11) is -3.64. The monoisotopic (exact) mass is 493 g/mol. The lowest BCUT2D eigenvalue weighted by Gasteiger charge is -2.26. The van der Waals surface area contributed by atoms with Crippen LogP contribution in [0.15, 0.2) is 40.6 Å². The first-order chi connectivity index (χ1) is 15.8. The zero-order valence-electron chi connectivity index (χ0n) is 19.0. The Morgan fingerprint density at radius 3 is 2.58 bits per heavy atom. The number of ether oxygens (including phenoxy) is 1. The minimum atomic E-state index is -3.64. The van der Waals surface area contributed by atoms with Crippen molar-refractivity contribution in [2.75, 3.05) is 25.0 Å². The maximum Gasteiger partial charge on any atom is 0.261 e. The lowest BCUT2D eigenvalue weighted by Crippen LogP contribution is -2.35. The quantitative estimate of drug-likeness (QED) is 0.489. The Labute approximate surface area is 199 Å². The first kappa shape index (κ1) is 25.2. The number of hydrogen-bond donors (Lipinski definition) is 2. The van der Waals surface area contributed by atoms with Crippen LogP contribution in [0.5, 0.6) is 5.75 Å². The van der Waals surface area contributed by atoms with Gasteiger partial charge in [-0.3, -0.25) is 9.59 Å². The van der Waals surface area contributed by atoms with Gasteiger partial charge in [0, 0.05) is 26.1 Å². The summed E-state index contributed by atoms with van der Waals surface area (Å²) in [6, 6.07) is 8.14. The second-order valence-corrected chi connectivity index (χ2v) is 11.1. The third-order valence-corrected chi connectivity index (χ3v) is 7.92. The maximum absolute atomic E-state index is 13.1. The molecule has 8 nitrogen and oxygen atoms in total. The largest absolute Gasteiger partial charge is 0.489 e. The van der Waals surface area contributed by atoms with E-state index in [0.717, 1.165) is 19.3 Å². The van der Waals surface area contributed by atoms with Gasteiger partial charge in [0.15, 0.2) is 0 Å². The summed E-state index contributed by atoms with van der Waals surface area (Å²) in [6.45, 7) is 5.10. The fourth-order valence-corrected chi connectivity index (χ4v) is 5.72. The van der Waals surface area contributed by atoms with Crippen LogP contribution in [0.1, 0.15) is 55.6 Å². The molecule has 0 unspecified atom stereocenters. The van der Waals surface area contributed by atoms with E-state index in [1.165, 1.54) is 27.8 Å². The first-order valence-corrected chi connectivity index (χ1v) is 13.5. The highest BCUT2D eigenvalue weighted by atomic mass is 32.2. The van der Waals surface area contributed by atoms with Crippen molar-refractivity contribution in [1.29, 1.82) is 0 Å². The second-order valence-electron chi connectivity index (χ2n) is 8.17. The Hall–Kier alpha value is -2.43. The van der Waals surface area contributed by atoms with Gasteiger partial charge in [0.1, 0.15) is 5.75 Å². The number of amides is 2. The third kappa shape index (κ3) is 7.02. The molecule has 1 saturated heterocycles. The van der Waals surface area contributed by atoms with Crippen molar-refractivity contribution in [2.24, 2.45) is 0 Å². The highest BCUT2D eigenvalue weighted by molar-refractivity contribution is 7.89. The average molecular weight is 494 g/mol. The van der Waals surface area contributed by atoms with E-state index in [1.54, 1.807) is 12.1 Å². The van der Waals surface area contributed by atoms with Gasteiger partial charge in [-0.05, 0) is 62.8 Å². The minimum Gasteiger partial charge on any atom is -0.489 e. The van der Waals surface area contributed by atoms with E-state index < -0.39 is 10.0 Å². The Balaban J connectivity index is 1.64. The zero-order valence-corrected chi connectivity index (χ0v) is 20.6. The standard InChI is InChI=1S/C23H31N3O5S2/c1-17(2)31-20-11-10-18(33(29,30)26-13-4-3-5-14-26)16-19(20)25-22(27)9-6-12-24-23(28)21-8-7-15-32-21/h7-8,10-11,15-17H,3-6,9,12-14H2,1-2H3,(H,24,28)(H,25,27). The minimum absolute atomic E-state index is 0.138. The molecule has 2 heterocycles. The van der Waals surface area contributed by atoms with Crippen molar-refractivity contribution >= 4 is 38.9 Å². The van der Waals surface area contributed by atoms with E-state index in [-0.39, 0.29) is 29.2 Å². The van der Waals surface area contributed by atoms with E-state index in [0.29, 0.717) is 42.4 Å². The van der Waals surface area contributed by atoms with Gasteiger partial charge in [-0.2, -0.15) is 4.31 Å². The van der Waals surface area contributed by atoms with E-state index >= 15 is 0 Å². The number of hydrogen-bond acceptors (Lipinski definition) is 6. The number of sulfonamides is 1. The van der Waals surface area contributed by atoms with Crippen LogP contribution >= 0.6 is 11.3 Å². The Morgan fingerprint density at radius 1 is 1.15 bits per heavy atom. The van der Waals surface area contributed by atoms with Gasteiger partial charge < -0.3 is 15.4 Å². The van der Waals surface area contributed by atoms with Gasteiger partial charge in [-0.1, -0.05) is 12.5 Å². The normalized spacial score (nSPS) is 14.8. The van der Waals surface area contributed by atoms with E-state index in [4.69, 9.17) is 4.74 Å². The molecule has 2 amide bonds. The van der Waals surface area contributed by atoms with Gasteiger partial charge in [-0.15, -0.1) is 11.3 Å². The fraction of sp³-hybridized carbons (Fsp3) is 0.478. The molecule has 0 spiro atoms. The molecule has 0 radical (unpaired) electrons. The molecular formula is C23H31N3O5S2. The number of benzene rings is 1. The van der Waals surface area contributed by atoms with Crippen LogP contribution in [0, 0.1) is 0 Å². The van der Waals surface area contributed by atoms with E-state index in [1.807, 2.05) is 25.3 Å². The molecule has 1 aromatic heterocycles. The van der Waals surface area contributed by atoms with Crippen molar-refractivity contribution in [2.45, 2.75) is 57.0 Å². The molecule has 1 aromatic carbocycles. The number of nitrogens with one attached hydrogen (secondary N) is 2. The van der Waals surface area contributed by atoms with Crippen molar-refractivity contribution in [3.05, 3.63) is 40.6 Å². The molecule has 2 N–H and O–H groups in total. The van der Waals surface area contributed by atoms with Crippen LogP contribution in [0.3, 0.4) is 0 Å². The van der Waals surface area contributed by atoms with E-state index in [2.05, 4.69) is 10.6 Å². The fourth-order valence-electron chi connectivity index (χ4n) is 3.54. The molecule has 180 valence electrons. The predicted octanol–water partition coefficient (Wildman–Crippen LogP) is 3.86. The first-order valence-electron chi connectivity index (χ1n) is 11.2. The number of carbonyl (C=O) groups is 2. The van der Waals surface area contributed by atoms with Gasteiger partial charge in [0.2, 0.25) is 15.9 Å². The van der Waals surface area contributed by atoms with Crippen molar-refractivity contribution in [1.82, 2.24) is 9.62 Å². The number of carbonyl (C=O) groups excluding carboxylic acids is 2. The Bertz CT molecular complexity index is 1050. The molecule has 0 atom stereocenters. The molecule has 10 heteroatoms. The number of piperidine rings is 1. The van der Waals surface area contributed by atoms with Crippen LogP contribution in [0.2, 0.25) is 0 Å². The molecule has 1 aliphatic heterocycles. The molecule has 33 heavy (non-hydrogen) atoms. The van der Waals surface area contributed by atoms with Gasteiger partial charge >= 0.3 is 0 Å². The molecular weight excluding hydrogens is 462 g/mol. The average Bonchev–Trinajstić information content (AvgIpc) is 3.33. The summed E-state index contributed by atoms with van der Waals surface area (Å²) in [4.78, 5) is 25.3. The number of anilines is 1. The van der Waals surface area contributed by atoms with Crippen LogP contribution in [0.25, 0.3) is 0 Å². The van der Waals surface area contributed by atoms with Crippen LogP contribution in [-0.4, -0.2) is 50.3 Å². The Morgan fingerprint density at radius 2 is 1.91 bits per heavy atom. The summed E-state index contributed by atoms with van der Waals surface area (Å²) < 4.78 is 33.4. The van der Waals surface area contributed by atoms with Crippen molar-refractivity contribution in [3.63, 3.8) is 0 Å². The number of thiophene rings is 1. The SMILES string of the molecule is CC(C)Oc1ccc(S(=O)(=O)N2CCCCC2)cc1NC(=O)CCCNC(=O)c1cccs1. The summed E-state index contributed by atoms with van der Waals surface area (Å²) >= 11 is 1.36. The highest BCUT2D eigenvalue weighted by Crippen LogP contribution is 2.31. The summed E-state index contributed by atoms with van der Waals surface area (Å²) in [5.74, 6) is -0.0166. The van der Waals surface area contributed by atoms with Crippen molar-refractivity contribution < 1.29 is 22.7 Å². The van der Waals surface area contributed by atoms with Crippen LogP contribution in [-0.2, 0) is 14.8 Å². The van der Waals surface area contributed by atoms with Gasteiger partial charge in [0.05, 0.1) is 21.6 Å². The smallest absolute Gasteiger partial charge is 0.261 e. The second kappa shape index (κ2) is 11.6. The molecule has 0 saturated carbocycles. The third-order valence-electron chi connectivity index (χ3n) is 5.15. The van der Waals surface area contributed by atoms with Crippen molar-refractivity contribution in [3.8, 4) is 5.75 Å².